The number of ether oxygens (including phenoxy) is 3. The lowest BCUT2D eigenvalue weighted by Gasteiger charge is -2.44. The van der Waals surface area contributed by atoms with Crippen molar-refractivity contribution in [2.45, 2.75) is 63.4 Å². The van der Waals surface area contributed by atoms with E-state index in [1.165, 1.54) is 0 Å². The van der Waals surface area contributed by atoms with E-state index in [1.807, 2.05) is 0 Å². The van der Waals surface area contributed by atoms with E-state index in [2.05, 4.69) is 5.32 Å². The summed E-state index contributed by atoms with van der Waals surface area (Å²) >= 11 is 0. The Hall–Kier alpha value is -1.34. The zero-order chi connectivity index (χ0) is 15.7. The van der Waals surface area contributed by atoms with E-state index in [0.29, 0.717) is 26.1 Å². The molecule has 1 saturated carbocycles. The second-order valence-electron chi connectivity index (χ2n) is 6.60. The topological polar surface area (TPSA) is 96.9 Å². The van der Waals surface area contributed by atoms with Crippen molar-refractivity contribution in [3.63, 3.8) is 0 Å². The van der Waals surface area contributed by atoms with E-state index >= 15 is 0 Å². The zero-order valence-corrected chi connectivity index (χ0v) is 12.7. The highest BCUT2D eigenvalue weighted by atomic mass is 16.7. The summed E-state index contributed by atoms with van der Waals surface area (Å²) in [6.45, 7) is 6.17. The summed E-state index contributed by atoms with van der Waals surface area (Å²) in [5, 5.41) is 14.0. The van der Waals surface area contributed by atoms with Gasteiger partial charge in [-0.05, 0) is 33.6 Å². The minimum absolute atomic E-state index is 0.189. The number of amides is 1. The molecule has 7 heteroatoms. The highest BCUT2D eigenvalue weighted by molar-refractivity contribution is 5.83. The second-order valence-corrected chi connectivity index (χ2v) is 6.60. The number of rotatable bonds is 2. The molecule has 120 valence electrons. The number of hydrogen-bond donors (Lipinski definition) is 1. The highest BCUT2D eigenvalue weighted by Gasteiger charge is 2.48. The highest BCUT2D eigenvalue weighted by Crippen LogP contribution is 2.40. The van der Waals surface area contributed by atoms with Crippen molar-refractivity contribution in [3.05, 3.63) is 0 Å². The molecule has 1 N–H and O–H groups in total. The Balaban J connectivity index is 2.02. The molecule has 0 aromatic carbocycles. The molecule has 0 aromatic rings. The number of alkyl carbamates (subject to hydrolysis) is 1. The third-order valence-corrected chi connectivity index (χ3v) is 3.81. The van der Waals surface area contributed by atoms with Crippen molar-refractivity contribution in [2.75, 3.05) is 13.2 Å². The Morgan fingerprint density at radius 2 is 1.62 bits per heavy atom. The van der Waals surface area contributed by atoms with Gasteiger partial charge in [-0.2, -0.15) is 0 Å². The summed E-state index contributed by atoms with van der Waals surface area (Å²) < 4.78 is 16.3. The zero-order valence-electron chi connectivity index (χ0n) is 12.7. The first-order chi connectivity index (χ1) is 9.67. The predicted molar refractivity (Wildman–Crippen MR) is 70.2 cm³/mol. The number of carboxylic acids is 1. The van der Waals surface area contributed by atoms with Crippen molar-refractivity contribution in [1.29, 1.82) is 0 Å². The van der Waals surface area contributed by atoms with Gasteiger partial charge in [-0.25, -0.2) is 4.79 Å². The van der Waals surface area contributed by atoms with Gasteiger partial charge >= 0.3 is 6.09 Å². The van der Waals surface area contributed by atoms with Gasteiger partial charge in [-0.15, -0.1) is 0 Å². The Labute approximate surface area is 123 Å². The van der Waals surface area contributed by atoms with Crippen LogP contribution in [-0.4, -0.2) is 42.2 Å². The standard InChI is InChI=1S/C14H23NO6/c1-12(2,3)21-11(18)15-13(10(16)17)4-6-14(7-5-13)19-8-9-20-14/h4-9H2,1-3H3,(H,15,18)(H,16,17)/p-1. The largest absolute Gasteiger partial charge is 0.548 e. The summed E-state index contributed by atoms with van der Waals surface area (Å²) in [7, 11) is 0. The number of nitrogens with one attached hydrogen (secondary N) is 1. The predicted octanol–water partition coefficient (Wildman–Crippen LogP) is 0.317. The molecule has 0 radical (unpaired) electrons. The maximum Gasteiger partial charge on any atom is 0.408 e. The Morgan fingerprint density at radius 3 is 2.05 bits per heavy atom. The fraction of sp³-hybridized carbons (Fsp3) is 0.857. The van der Waals surface area contributed by atoms with Gasteiger partial charge in [0, 0.05) is 12.8 Å². The summed E-state index contributed by atoms with van der Waals surface area (Å²) in [4.78, 5) is 23.4. The fourth-order valence-electron chi connectivity index (χ4n) is 2.72. The third kappa shape index (κ3) is 3.65. The van der Waals surface area contributed by atoms with E-state index < -0.39 is 29.0 Å². The number of hydrogen-bond acceptors (Lipinski definition) is 6. The lowest BCUT2D eigenvalue weighted by atomic mass is 9.78. The third-order valence-electron chi connectivity index (χ3n) is 3.81. The van der Waals surface area contributed by atoms with Gasteiger partial charge in [-0.1, -0.05) is 0 Å². The summed E-state index contributed by atoms with van der Waals surface area (Å²) in [5.41, 5.74) is -2.12. The van der Waals surface area contributed by atoms with Crippen molar-refractivity contribution in [1.82, 2.24) is 5.32 Å². The average Bonchev–Trinajstić information content (AvgIpc) is 2.79. The van der Waals surface area contributed by atoms with Gasteiger partial charge < -0.3 is 29.4 Å². The SMILES string of the molecule is CC(C)(C)OC(=O)NC1(C(=O)[O-])CCC2(CC1)OCCO2. The molecule has 0 aromatic heterocycles. The quantitative estimate of drug-likeness (QED) is 0.788. The average molecular weight is 300 g/mol. The monoisotopic (exact) mass is 300 g/mol. The molecule has 1 heterocycles. The molecule has 1 aliphatic heterocycles. The van der Waals surface area contributed by atoms with E-state index in [-0.39, 0.29) is 12.8 Å². The molecule has 1 amide bonds. The van der Waals surface area contributed by atoms with Gasteiger partial charge in [0.2, 0.25) is 0 Å². The molecule has 0 bridgehead atoms. The van der Waals surface area contributed by atoms with Crippen LogP contribution in [0, 0.1) is 0 Å². The molecule has 1 saturated heterocycles. The van der Waals surface area contributed by atoms with Crippen LogP contribution in [0.15, 0.2) is 0 Å². The minimum Gasteiger partial charge on any atom is -0.548 e. The molecule has 7 nitrogen and oxygen atoms in total. The molecule has 21 heavy (non-hydrogen) atoms. The Bertz CT molecular complexity index is 412. The van der Waals surface area contributed by atoms with Crippen LogP contribution in [0.3, 0.4) is 0 Å². The van der Waals surface area contributed by atoms with E-state index in [9.17, 15) is 14.7 Å². The van der Waals surface area contributed by atoms with Crippen LogP contribution in [0.5, 0.6) is 0 Å². The van der Waals surface area contributed by atoms with E-state index in [1.54, 1.807) is 20.8 Å². The normalized spacial score (nSPS) is 23.8. The van der Waals surface area contributed by atoms with Crippen LogP contribution >= 0.6 is 0 Å². The fourth-order valence-corrected chi connectivity index (χ4v) is 2.72. The van der Waals surface area contributed by atoms with E-state index in [4.69, 9.17) is 14.2 Å². The van der Waals surface area contributed by atoms with Crippen LogP contribution < -0.4 is 10.4 Å². The van der Waals surface area contributed by atoms with Crippen molar-refractivity contribution in [3.8, 4) is 0 Å². The summed E-state index contributed by atoms with van der Waals surface area (Å²) in [6, 6.07) is 0. The van der Waals surface area contributed by atoms with E-state index in [0.717, 1.165) is 0 Å². The Kier molecular flexibility index (Phi) is 4.17. The molecule has 2 aliphatic rings. The van der Waals surface area contributed by atoms with Crippen LogP contribution in [0.1, 0.15) is 46.5 Å². The van der Waals surface area contributed by atoms with Gasteiger partial charge in [-0.3, -0.25) is 0 Å². The number of carbonyl (C=O) groups excluding carboxylic acids is 2. The van der Waals surface area contributed by atoms with Gasteiger partial charge in [0.25, 0.3) is 0 Å². The van der Waals surface area contributed by atoms with Crippen LogP contribution in [-0.2, 0) is 19.0 Å². The van der Waals surface area contributed by atoms with Crippen molar-refractivity contribution in [2.24, 2.45) is 0 Å². The molecule has 0 atom stereocenters. The lowest BCUT2D eigenvalue weighted by molar-refractivity contribution is -0.317. The maximum absolute atomic E-state index is 11.9. The summed E-state index contributed by atoms with van der Waals surface area (Å²) in [5.74, 6) is -2.00. The molecular formula is C14H22NO6-. The van der Waals surface area contributed by atoms with Crippen LogP contribution in [0.25, 0.3) is 0 Å². The molecule has 0 unspecified atom stereocenters. The van der Waals surface area contributed by atoms with Crippen LogP contribution in [0.4, 0.5) is 4.79 Å². The van der Waals surface area contributed by atoms with Gasteiger partial charge in [0.15, 0.2) is 5.79 Å². The van der Waals surface area contributed by atoms with Gasteiger partial charge in [0.05, 0.1) is 24.7 Å². The number of carbonyl (C=O) groups is 2. The van der Waals surface area contributed by atoms with Crippen molar-refractivity contribution < 1.29 is 28.9 Å². The first-order valence-electron chi connectivity index (χ1n) is 7.17. The first-order valence-corrected chi connectivity index (χ1v) is 7.17. The first kappa shape index (κ1) is 16.0. The molecule has 1 aliphatic carbocycles. The van der Waals surface area contributed by atoms with Crippen LogP contribution in [0.2, 0.25) is 0 Å². The lowest BCUT2D eigenvalue weighted by Crippen LogP contribution is -2.63. The second kappa shape index (κ2) is 5.46. The number of carboxylic acid groups (broad SMARTS) is 1. The maximum atomic E-state index is 11.9. The minimum atomic E-state index is -1.43. The van der Waals surface area contributed by atoms with Crippen molar-refractivity contribution >= 4 is 12.1 Å². The Morgan fingerprint density at radius 1 is 1.10 bits per heavy atom. The molecule has 1 spiro atoms. The molecule has 2 rings (SSSR count). The molecule has 2 fully saturated rings. The number of aliphatic carboxylic acids is 1. The van der Waals surface area contributed by atoms with Gasteiger partial charge in [0.1, 0.15) is 5.60 Å². The smallest absolute Gasteiger partial charge is 0.408 e. The molecular weight excluding hydrogens is 278 g/mol. The summed E-state index contributed by atoms with van der Waals surface area (Å²) in [6.07, 6.45) is 0.424.